The first-order chi connectivity index (χ1) is 8.45. The van der Waals surface area contributed by atoms with Crippen molar-refractivity contribution in [1.29, 1.82) is 0 Å². The Morgan fingerprint density at radius 2 is 2.06 bits per heavy atom. The fourth-order valence-corrected chi connectivity index (χ4v) is 4.96. The molecule has 0 bridgehead atoms. The van der Waals surface area contributed by atoms with Crippen molar-refractivity contribution in [2.24, 2.45) is 0 Å². The molecule has 6 heteroatoms. The standard InChI is InChI=1S/C12H25ClN2O2S/c1-4-8-14(11(2)3)18(16,17)15-9-6-5-7-12(15)10-13/h11-12H,4-10H2,1-3H3. The first-order valence-electron chi connectivity index (χ1n) is 6.79. The summed E-state index contributed by atoms with van der Waals surface area (Å²) in [6, 6.07) is -0.0450. The zero-order valence-corrected chi connectivity index (χ0v) is 13.2. The van der Waals surface area contributed by atoms with E-state index >= 15 is 0 Å². The minimum atomic E-state index is -3.36. The summed E-state index contributed by atoms with van der Waals surface area (Å²) in [6.07, 6.45) is 3.71. The molecule has 1 aliphatic rings. The molecule has 0 aromatic heterocycles. The van der Waals surface area contributed by atoms with Crippen LogP contribution in [0.3, 0.4) is 0 Å². The predicted octanol–water partition coefficient (Wildman–Crippen LogP) is 2.44. The third kappa shape index (κ3) is 3.59. The van der Waals surface area contributed by atoms with Gasteiger partial charge in [-0.25, -0.2) is 0 Å². The van der Waals surface area contributed by atoms with Crippen LogP contribution < -0.4 is 0 Å². The Morgan fingerprint density at radius 1 is 1.39 bits per heavy atom. The van der Waals surface area contributed by atoms with Crippen molar-refractivity contribution in [2.75, 3.05) is 19.0 Å². The normalized spacial score (nSPS) is 22.9. The van der Waals surface area contributed by atoms with Crippen LogP contribution in [0.4, 0.5) is 0 Å². The molecular formula is C12H25ClN2O2S. The van der Waals surface area contributed by atoms with Gasteiger partial charge in [0.05, 0.1) is 0 Å². The van der Waals surface area contributed by atoms with E-state index in [4.69, 9.17) is 11.6 Å². The highest BCUT2D eigenvalue weighted by Crippen LogP contribution is 2.24. The monoisotopic (exact) mass is 296 g/mol. The van der Waals surface area contributed by atoms with Crippen LogP contribution in [-0.4, -0.2) is 48.1 Å². The summed E-state index contributed by atoms with van der Waals surface area (Å²) < 4.78 is 28.6. The summed E-state index contributed by atoms with van der Waals surface area (Å²) in [4.78, 5) is 0. The van der Waals surface area contributed by atoms with Gasteiger partial charge in [0.15, 0.2) is 0 Å². The molecule has 18 heavy (non-hydrogen) atoms. The van der Waals surface area contributed by atoms with Crippen LogP contribution in [0, 0.1) is 0 Å². The number of nitrogens with zero attached hydrogens (tertiary/aromatic N) is 2. The molecule has 4 nitrogen and oxygen atoms in total. The first kappa shape index (κ1) is 16.2. The van der Waals surface area contributed by atoms with Crippen molar-refractivity contribution in [3.8, 4) is 0 Å². The van der Waals surface area contributed by atoms with E-state index in [1.165, 1.54) is 0 Å². The quantitative estimate of drug-likeness (QED) is 0.707. The van der Waals surface area contributed by atoms with E-state index in [2.05, 4.69) is 0 Å². The zero-order valence-electron chi connectivity index (χ0n) is 11.6. The lowest BCUT2D eigenvalue weighted by atomic mass is 10.1. The molecule has 0 saturated carbocycles. The topological polar surface area (TPSA) is 40.6 Å². The van der Waals surface area contributed by atoms with Crippen LogP contribution in [0.2, 0.25) is 0 Å². The van der Waals surface area contributed by atoms with Crippen LogP contribution in [0.5, 0.6) is 0 Å². The van der Waals surface area contributed by atoms with Crippen molar-refractivity contribution in [3.05, 3.63) is 0 Å². The molecule has 0 N–H and O–H groups in total. The van der Waals surface area contributed by atoms with Gasteiger partial charge in [-0.1, -0.05) is 13.3 Å². The van der Waals surface area contributed by atoms with Gasteiger partial charge in [0, 0.05) is 31.1 Å². The number of alkyl halides is 1. The maximum Gasteiger partial charge on any atom is 0.282 e. The minimum Gasteiger partial charge on any atom is -0.195 e. The average Bonchev–Trinajstić information content (AvgIpc) is 2.35. The van der Waals surface area contributed by atoms with Gasteiger partial charge in [0.1, 0.15) is 0 Å². The number of rotatable bonds is 6. The van der Waals surface area contributed by atoms with Crippen molar-refractivity contribution in [2.45, 2.75) is 58.5 Å². The van der Waals surface area contributed by atoms with Crippen LogP contribution in [0.1, 0.15) is 46.5 Å². The van der Waals surface area contributed by atoms with Crippen molar-refractivity contribution >= 4 is 21.8 Å². The van der Waals surface area contributed by atoms with Crippen molar-refractivity contribution < 1.29 is 8.42 Å². The van der Waals surface area contributed by atoms with Gasteiger partial charge in [-0.3, -0.25) is 0 Å². The minimum absolute atomic E-state index is 0.00662. The van der Waals surface area contributed by atoms with E-state index in [1.807, 2.05) is 20.8 Å². The van der Waals surface area contributed by atoms with E-state index in [9.17, 15) is 8.42 Å². The molecule has 1 unspecified atom stereocenters. The number of hydrogen-bond donors (Lipinski definition) is 0. The number of hydrogen-bond acceptors (Lipinski definition) is 2. The van der Waals surface area contributed by atoms with Gasteiger partial charge in [0.2, 0.25) is 0 Å². The smallest absolute Gasteiger partial charge is 0.195 e. The molecule has 1 fully saturated rings. The molecule has 0 radical (unpaired) electrons. The molecule has 0 aliphatic carbocycles. The van der Waals surface area contributed by atoms with E-state index in [0.717, 1.165) is 25.7 Å². The number of piperidine rings is 1. The Bertz CT molecular complexity index is 346. The number of halogens is 1. The molecule has 0 amide bonds. The Balaban J connectivity index is 2.94. The average molecular weight is 297 g/mol. The highest BCUT2D eigenvalue weighted by atomic mass is 35.5. The largest absolute Gasteiger partial charge is 0.282 e. The summed E-state index contributed by atoms with van der Waals surface area (Å²) >= 11 is 5.92. The van der Waals surface area contributed by atoms with Crippen molar-refractivity contribution in [3.63, 3.8) is 0 Å². The SMILES string of the molecule is CCCN(C(C)C)S(=O)(=O)N1CCCCC1CCl. The van der Waals surface area contributed by atoms with Gasteiger partial charge < -0.3 is 0 Å². The Hall–Kier alpha value is 0.160. The molecule has 1 saturated heterocycles. The zero-order chi connectivity index (χ0) is 13.8. The molecule has 1 rings (SSSR count). The highest BCUT2D eigenvalue weighted by molar-refractivity contribution is 7.86. The third-order valence-corrected chi connectivity index (χ3v) is 5.99. The molecular weight excluding hydrogens is 272 g/mol. The first-order valence-corrected chi connectivity index (χ1v) is 8.72. The Kier molecular flexibility index (Phi) is 6.38. The maximum absolute atomic E-state index is 12.7. The maximum atomic E-state index is 12.7. The van der Waals surface area contributed by atoms with Crippen LogP contribution in [0.25, 0.3) is 0 Å². The second-order valence-electron chi connectivity index (χ2n) is 5.13. The van der Waals surface area contributed by atoms with Gasteiger partial charge >= 0.3 is 0 Å². The highest BCUT2D eigenvalue weighted by Gasteiger charge is 2.36. The summed E-state index contributed by atoms with van der Waals surface area (Å²) in [7, 11) is -3.36. The molecule has 0 spiro atoms. The van der Waals surface area contributed by atoms with Crippen LogP contribution >= 0.6 is 11.6 Å². The van der Waals surface area contributed by atoms with Gasteiger partial charge in [0.25, 0.3) is 10.2 Å². The van der Waals surface area contributed by atoms with Gasteiger partial charge in [-0.15, -0.1) is 11.6 Å². The summed E-state index contributed by atoms with van der Waals surface area (Å²) in [5.41, 5.74) is 0. The molecule has 1 aliphatic heterocycles. The lowest BCUT2D eigenvalue weighted by Gasteiger charge is -2.38. The predicted molar refractivity (Wildman–Crippen MR) is 76.1 cm³/mol. The lowest BCUT2D eigenvalue weighted by Crippen LogP contribution is -2.53. The Morgan fingerprint density at radius 3 is 2.56 bits per heavy atom. The summed E-state index contributed by atoms with van der Waals surface area (Å²) in [5.74, 6) is 0.386. The Labute approximate surface area is 116 Å². The van der Waals surface area contributed by atoms with Gasteiger partial charge in [-0.05, 0) is 33.1 Å². The third-order valence-electron chi connectivity index (χ3n) is 3.36. The summed E-state index contributed by atoms with van der Waals surface area (Å²) in [5, 5.41) is 0. The molecule has 1 heterocycles. The molecule has 1 atom stereocenters. The lowest BCUT2D eigenvalue weighted by molar-refractivity contribution is 0.235. The molecule has 0 aromatic rings. The van der Waals surface area contributed by atoms with E-state index in [0.29, 0.717) is 19.0 Å². The second-order valence-corrected chi connectivity index (χ2v) is 7.27. The second kappa shape index (κ2) is 7.08. The van der Waals surface area contributed by atoms with E-state index in [-0.39, 0.29) is 12.1 Å². The van der Waals surface area contributed by atoms with E-state index in [1.54, 1.807) is 8.61 Å². The molecule has 108 valence electrons. The summed E-state index contributed by atoms with van der Waals surface area (Å²) in [6.45, 7) is 7.03. The fourth-order valence-electron chi connectivity index (χ4n) is 2.43. The van der Waals surface area contributed by atoms with E-state index < -0.39 is 10.2 Å². The van der Waals surface area contributed by atoms with Crippen molar-refractivity contribution in [1.82, 2.24) is 8.61 Å². The van der Waals surface area contributed by atoms with Gasteiger partial charge in [-0.2, -0.15) is 17.0 Å². The van der Waals surface area contributed by atoms with Crippen LogP contribution in [-0.2, 0) is 10.2 Å². The van der Waals surface area contributed by atoms with Crippen LogP contribution in [0.15, 0.2) is 0 Å². The molecule has 0 aromatic carbocycles. The fraction of sp³-hybridized carbons (Fsp3) is 1.00.